The van der Waals surface area contributed by atoms with Gasteiger partial charge in [-0.3, -0.25) is 38.8 Å². The Kier molecular flexibility index (Phi) is 17.4. The third kappa shape index (κ3) is 18.0. The maximum atomic E-state index is 12.5. The van der Waals surface area contributed by atoms with Gasteiger partial charge in [0.1, 0.15) is 0 Å². The van der Waals surface area contributed by atoms with Gasteiger partial charge in [-0.05, 0) is 5.92 Å². The van der Waals surface area contributed by atoms with Crippen LogP contribution < -0.4 is 5.32 Å². The van der Waals surface area contributed by atoms with Gasteiger partial charge in [0.15, 0.2) is 0 Å². The third-order valence-electron chi connectivity index (χ3n) is 5.77. The van der Waals surface area contributed by atoms with Crippen molar-refractivity contribution in [2.45, 2.75) is 13.8 Å². The molecular formula is C24H45N5O9. The van der Waals surface area contributed by atoms with E-state index in [1.165, 1.54) is 0 Å². The summed E-state index contributed by atoms with van der Waals surface area (Å²) in [5, 5.41) is 30.6. The van der Waals surface area contributed by atoms with Crippen LogP contribution in [0.5, 0.6) is 0 Å². The molecule has 38 heavy (non-hydrogen) atoms. The van der Waals surface area contributed by atoms with Crippen molar-refractivity contribution in [1.29, 1.82) is 0 Å². The molecule has 0 aliphatic carbocycles. The number of ether oxygens (including phenoxy) is 2. The van der Waals surface area contributed by atoms with Crippen LogP contribution in [0.4, 0.5) is 0 Å². The van der Waals surface area contributed by atoms with Gasteiger partial charge >= 0.3 is 17.9 Å². The lowest BCUT2D eigenvalue weighted by Crippen LogP contribution is -2.50. The van der Waals surface area contributed by atoms with Crippen molar-refractivity contribution in [3.8, 4) is 0 Å². The molecule has 220 valence electrons. The van der Waals surface area contributed by atoms with Gasteiger partial charge in [-0.2, -0.15) is 0 Å². The lowest BCUT2D eigenvalue weighted by atomic mass is 10.2. The number of carboxylic acids is 3. The number of aliphatic carboxylic acids is 3. The van der Waals surface area contributed by atoms with Gasteiger partial charge in [0.05, 0.1) is 46.0 Å². The Morgan fingerprint density at radius 1 is 0.632 bits per heavy atom. The van der Waals surface area contributed by atoms with E-state index in [2.05, 4.69) is 19.2 Å². The van der Waals surface area contributed by atoms with Crippen molar-refractivity contribution < 1.29 is 44.0 Å². The first kappa shape index (κ1) is 33.7. The summed E-state index contributed by atoms with van der Waals surface area (Å²) in [7, 11) is 0. The minimum Gasteiger partial charge on any atom is -0.480 e. The van der Waals surface area contributed by atoms with Crippen molar-refractivity contribution in [1.82, 2.24) is 24.9 Å². The van der Waals surface area contributed by atoms with E-state index in [9.17, 15) is 34.5 Å². The van der Waals surface area contributed by atoms with Crippen LogP contribution in [-0.4, -0.2) is 170 Å². The molecule has 0 atom stereocenters. The second-order valence-corrected chi connectivity index (χ2v) is 9.72. The van der Waals surface area contributed by atoms with E-state index in [1.807, 2.05) is 4.90 Å². The zero-order valence-electron chi connectivity index (χ0n) is 22.7. The van der Waals surface area contributed by atoms with Gasteiger partial charge in [0, 0.05) is 65.5 Å². The van der Waals surface area contributed by atoms with Crippen molar-refractivity contribution in [2.75, 3.05) is 112 Å². The van der Waals surface area contributed by atoms with Gasteiger partial charge in [0.2, 0.25) is 5.91 Å². The van der Waals surface area contributed by atoms with Crippen LogP contribution in [0.1, 0.15) is 13.8 Å². The molecule has 0 aromatic heterocycles. The minimum atomic E-state index is -1.01. The summed E-state index contributed by atoms with van der Waals surface area (Å²) in [5.41, 5.74) is 0. The van der Waals surface area contributed by atoms with Crippen molar-refractivity contribution >= 4 is 23.8 Å². The third-order valence-corrected chi connectivity index (χ3v) is 5.77. The van der Waals surface area contributed by atoms with E-state index in [0.717, 1.165) is 0 Å². The van der Waals surface area contributed by atoms with E-state index in [1.54, 1.807) is 14.7 Å². The van der Waals surface area contributed by atoms with E-state index in [0.29, 0.717) is 91.2 Å². The maximum absolute atomic E-state index is 12.5. The van der Waals surface area contributed by atoms with Crippen LogP contribution in [0.25, 0.3) is 0 Å². The summed E-state index contributed by atoms with van der Waals surface area (Å²) in [6.07, 6.45) is 0. The van der Waals surface area contributed by atoms with E-state index < -0.39 is 17.9 Å². The monoisotopic (exact) mass is 547 g/mol. The summed E-state index contributed by atoms with van der Waals surface area (Å²) >= 11 is 0. The first-order valence-corrected chi connectivity index (χ1v) is 13.0. The highest BCUT2D eigenvalue weighted by atomic mass is 16.5. The van der Waals surface area contributed by atoms with Crippen LogP contribution in [0.3, 0.4) is 0 Å². The van der Waals surface area contributed by atoms with Crippen LogP contribution in [-0.2, 0) is 28.7 Å². The lowest BCUT2D eigenvalue weighted by molar-refractivity contribution is -0.140. The summed E-state index contributed by atoms with van der Waals surface area (Å²) < 4.78 is 10.9. The van der Waals surface area contributed by atoms with Gasteiger partial charge in [-0.15, -0.1) is 0 Å². The zero-order valence-corrected chi connectivity index (χ0v) is 22.7. The molecule has 1 aliphatic rings. The molecular weight excluding hydrogens is 502 g/mol. The van der Waals surface area contributed by atoms with Crippen LogP contribution >= 0.6 is 0 Å². The molecule has 0 aromatic carbocycles. The number of carbonyl (C=O) groups is 4. The van der Waals surface area contributed by atoms with E-state index in [-0.39, 0.29) is 32.1 Å². The number of rotatable bonds is 16. The molecule has 1 rings (SSSR count). The second-order valence-electron chi connectivity index (χ2n) is 9.72. The van der Waals surface area contributed by atoms with Crippen LogP contribution in [0.2, 0.25) is 0 Å². The highest BCUT2D eigenvalue weighted by molar-refractivity contribution is 5.78. The summed E-state index contributed by atoms with van der Waals surface area (Å²) in [6, 6.07) is 0. The summed E-state index contributed by atoms with van der Waals surface area (Å²) in [6.45, 7) is 8.69. The molecule has 0 bridgehead atoms. The molecule has 1 fully saturated rings. The topological polar surface area (TPSA) is 172 Å². The highest BCUT2D eigenvalue weighted by Crippen LogP contribution is 2.01. The Hall–Kier alpha value is -2.36. The SMILES string of the molecule is CC(C)COCCOCCNC(=O)CN1CCN(CC(=O)O)CCN(CC(=O)O)CCN(CC(=O)O)CC1. The Balaban J connectivity index is 2.67. The van der Waals surface area contributed by atoms with Crippen LogP contribution in [0, 0.1) is 5.92 Å². The molecule has 0 unspecified atom stereocenters. The normalized spacial score (nSPS) is 17.6. The second kappa shape index (κ2) is 19.7. The molecule has 14 heteroatoms. The Morgan fingerprint density at radius 2 is 1.00 bits per heavy atom. The number of hydrogen-bond donors (Lipinski definition) is 4. The fourth-order valence-corrected chi connectivity index (χ4v) is 3.85. The number of amides is 1. The average molecular weight is 548 g/mol. The molecule has 0 radical (unpaired) electrons. The molecule has 0 spiro atoms. The smallest absolute Gasteiger partial charge is 0.317 e. The molecule has 14 nitrogen and oxygen atoms in total. The number of nitrogens with zero attached hydrogens (tertiary/aromatic N) is 4. The van der Waals surface area contributed by atoms with Crippen molar-refractivity contribution in [2.24, 2.45) is 5.92 Å². The first-order chi connectivity index (χ1) is 18.0. The molecule has 1 saturated heterocycles. The average Bonchev–Trinajstić information content (AvgIpc) is 2.81. The molecule has 1 aliphatic heterocycles. The first-order valence-electron chi connectivity index (χ1n) is 13.0. The summed E-state index contributed by atoms with van der Waals surface area (Å²) in [5.74, 6) is -2.74. The fraction of sp³-hybridized carbons (Fsp3) is 0.833. The number of carboxylic acid groups (broad SMARTS) is 3. The number of nitrogens with one attached hydrogen (secondary N) is 1. The fourth-order valence-electron chi connectivity index (χ4n) is 3.85. The van der Waals surface area contributed by atoms with Gasteiger partial charge in [-0.25, -0.2) is 0 Å². The Morgan fingerprint density at radius 3 is 1.37 bits per heavy atom. The minimum absolute atomic E-state index is 0.0739. The molecule has 0 saturated carbocycles. The van der Waals surface area contributed by atoms with E-state index >= 15 is 0 Å². The standard InChI is InChI=1S/C24H45N5O9/c1-20(2)19-38-14-13-37-12-3-25-21(30)15-26-4-6-27(16-22(31)32)8-10-29(18-24(35)36)11-9-28(7-5-26)17-23(33)34/h20H,3-19H2,1-2H3,(H,25,30)(H,31,32)(H,33,34)(H,35,36). The predicted octanol–water partition coefficient (Wildman–Crippen LogP) is -1.73. The van der Waals surface area contributed by atoms with Crippen molar-refractivity contribution in [3.63, 3.8) is 0 Å². The molecule has 4 N–H and O–H groups in total. The highest BCUT2D eigenvalue weighted by Gasteiger charge is 2.21. The predicted molar refractivity (Wildman–Crippen MR) is 138 cm³/mol. The van der Waals surface area contributed by atoms with E-state index in [4.69, 9.17) is 9.47 Å². The van der Waals surface area contributed by atoms with Crippen LogP contribution in [0.15, 0.2) is 0 Å². The van der Waals surface area contributed by atoms with Gasteiger partial charge < -0.3 is 30.1 Å². The summed E-state index contributed by atoms with van der Waals surface area (Å²) in [4.78, 5) is 53.5. The molecule has 0 aromatic rings. The maximum Gasteiger partial charge on any atom is 0.317 e. The van der Waals surface area contributed by atoms with Gasteiger partial charge in [-0.1, -0.05) is 13.8 Å². The number of carbonyl (C=O) groups excluding carboxylic acids is 1. The molecule has 1 heterocycles. The Bertz CT molecular complexity index is 693. The van der Waals surface area contributed by atoms with Gasteiger partial charge in [0.25, 0.3) is 0 Å². The largest absolute Gasteiger partial charge is 0.480 e. The molecule has 1 amide bonds. The Labute approximate surface area is 224 Å². The van der Waals surface area contributed by atoms with Crippen molar-refractivity contribution in [3.05, 3.63) is 0 Å². The lowest BCUT2D eigenvalue weighted by Gasteiger charge is -2.32. The number of hydrogen-bond acceptors (Lipinski definition) is 10. The zero-order chi connectivity index (χ0) is 28.3. The quantitative estimate of drug-likeness (QED) is 0.161.